The van der Waals surface area contributed by atoms with E-state index < -0.39 is 11.9 Å². The minimum Gasteiger partial charge on any atom is -0.493 e. The Hall–Kier alpha value is -1.27. The number of rotatable bonds is 7. The molecule has 0 heterocycles. The van der Waals surface area contributed by atoms with Gasteiger partial charge in [-0.05, 0) is 19.1 Å². The second-order valence-electron chi connectivity index (χ2n) is 4.02. The monoisotopic (exact) mass is 332 g/mol. The summed E-state index contributed by atoms with van der Waals surface area (Å²) in [5.74, 6) is -0.234. The van der Waals surface area contributed by atoms with Crippen LogP contribution in [0.5, 0.6) is 11.5 Å². The molecule has 0 aliphatic carbocycles. The van der Waals surface area contributed by atoms with Crippen molar-refractivity contribution >= 4 is 21.9 Å². The number of ether oxygens (including phenoxy) is 3. The largest absolute Gasteiger partial charge is 0.493 e. The molecule has 106 valence electrons. The highest BCUT2D eigenvalue weighted by molar-refractivity contribution is 9.10. The first-order valence-electron chi connectivity index (χ1n) is 5.71. The summed E-state index contributed by atoms with van der Waals surface area (Å²) in [6.45, 7) is 1.99. The number of carbonyl (C=O) groups is 1. The highest BCUT2D eigenvalue weighted by Gasteiger charge is 2.16. The van der Waals surface area contributed by atoms with Crippen LogP contribution >= 0.6 is 15.9 Å². The zero-order valence-corrected chi connectivity index (χ0v) is 12.7. The normalized spacial score (nSPS) is 12.0. The van der Waals surface area contributed by atoms with Gasteiger partial charge in [0.2, 0.25) is 0 Å². The average molecular weight is 333 g/mol. The molecule has 0 saturated carbocycles. The van der Waals surface area contributed by atoms with E-state index >= 15 is 0 Å². The molecule has 1 aromatic carbocycles. The maximum absolute atomic E-state index is 10.7. The van der Waals surface area contributed by atoms with Gasteiger partial charge in [0.25, 0.3) is 0 Å². The summed E-state index contributed by atoms with van der Waals surface area (Å²) in [5.41, 5.74) is 0.791. The van der Waals surface area contributed by atoms with Crippen LogP contribution in [0.2, 0.25) is 0 Å². The van der Waals surface area contributed by atoms with Crippen molar-refractivity contribution in [1.29, 1.82) is 0 Å². The van der Waals surface area contributed by atoms with E-state index in [2.05, 4.69) is 15.9 Å². The molecule has 0 bridgehead atoms. The molecule has 0 radical (unpaired) electrons. The number of carboxylic acids is 1. The lowest BCUT2D eigenvalue weighted by Crippen LogP contribution is -2.16. The highest BCUT2D eigenvalue weighted by atomic mass is 79.9. The molecular formula is C13H17BrO5. The van der Waals surface area contributed by atoms with Gasteiger partial charge in [0, 0.05) is 10.0 Å². The second kappa shape index (κ2) is 7.35. The van der Waals surface area contributed by atoms with Gasteiger partial charge >= 0.3 is 5.97 Å². The Morgan fingerprint density at radius 1 is 1.37 bits per heavy atom. The summed E-state index contributed by atoms with van der Waals surface area (Å²) in [4.78, 5) is 10.7. The number of carboxylic acid groups (broad SMARTS) is 1. The lowest BCUT2D eigenvalue weighted by molar-refractivity contribution is -0.143. The Balaban J connectivity index is 2.79. The van der Waals surface area contributed by atoms with Crippen LogP contribution in [-0.4, -0.2) is 31.9 Å². The lowest BCUT2D eigenvalue weighted by Gasteiger charge is -2.15. The van der Waals surface area contributed by atoms with E-state index in [1.165, 1.54) is 0 Å². The van der Waals surface area contributed by atoms with Crippen molar-refractivity contribution in [2.45, 2.75) is 13.5 Å². The molecule has 1 aromatic rings. The fraction of sp³-hybridized carbons (Fsp3) is 0.462. The minimum absolute atomic E-state index is 0.141. The molecule has 0 aliphatic rings. The van der Waals surface area contributed by atoms with E-state index in [9.17, 15) is 4.79 Å². The average Bonchev–Trinajstić information content (AvgIpc) is 2.39. The maximum atomic E-state index is 10.7. The van der Waals surface area contributed by atoms with E-state index in [1.807, 2.05) is 6.07 Å². The fourth-order valence-electron chi connectivity index (χ4n) is 1.51. The zero-order valence-electron chi connectivity index (χ0n) is 11.1. The first-order valence-corrected chi connectivity index (χ1v) is 6.50. The van der Waals surface area contributed by atoms with E-state index in [0.29, 0.717) is 11.5 Å². The van der Waals surface area contributed by atoms with Crippen molar-refractivity contribution in [3.8, 4) is 11.5 Å². The lowest BCUT2D eigenvalue weighted by atomic mass is 10.2. The minimum atomic E-state index is -0.878. The van der Waals surface area contributed by atoms with Crippen molar-refractivity contribution in [1.82, 2.24) is 0 Å². The van der Waals surface area contributed by atoms with Gasteiger partial charge in [0.1, 0.15) is 0 Å². The van der Waals surface area contributed by atoms with E-state index in [-0.39, 0.29) is 13.2 Å². The molecule has 1 atom stereocenters. The molecule has 5 nitrogen and oxygen atoms in total. The molecule has 0 aliphatic heterocycles. The molecule has 0 aromatic heterocycles. The van der Waals surface area contributed by atoms with Crippen LogP contribution in [0.4, 0.5) is 0 Å². The van der Waals surface area contributed by atoms with Crippen molar-refractivity contribution in [3.05, 3.63) is 22.2 Å². The fourth-order valence-corrected chi connectivity index (χ4v) is 1.94. The molecule has 1 rings (SSSR count). The quantitative estimate of drug-likeness (QED) is 0.831. The van der Waals surface area contributed by atoms with Crippen molar-refractivity contribution in [2.24, 2.45) is 5.92 Å². The third-order valence-corrected chi connectivity index (χ3v) is 3.37. The molecule has 0 fully saturated rings. The Kier molecular flexibility index (Phi) is 6.11. The van der Waals surface area contributed by atoms with Crippen LogP contribution in [0.3, 0.4) is 0 Å². The van der Waals surface area contributed by atoms with Crippen LogP contribution in [-0.2, 0) is 16.1 Å². The van der Waals surface area contributed by atoms with Crippen molar-refractivity contribution in [3.63, 3.8) is 0 Å². The van der Waals surface area contributed by atoms with Gasteiger partial charge in [-0.25, -0.2) is 0 Å². The number of halogens is 1. The number of benzene rings is 1. The first kappa shape index (κ1) is 15.8. The van der Waals surface area contributed by atoms with E-state index in [4.69, 9.17) is 19.3 Å². The predicted molar refractivity (Wildman–Crippen MR) is 73.7 cm³/mol. The van der Waals surface area contributed by atoms with Gasteiger partial charge in [-0.2, -0.15) is 0 Å². The number of methoxy groups -OCH3 is 2. The number of hydrogen-bond acceptors (Lipinski definition) is 4. The smallest absolute Gasteiger partial charge is 0.308 e. The van der Waals surface area contributed by atoms with Gasteiger partial charge in [0.05, 0.1) is 33.4 Å². The standard InChI is InChI=1S/C13H17BrO5/c1-8(13(15)16)6-19-7-9-10(14)4-5-11(17-2)12(9)18-3/h4-5,8H,6-7H2,1-3H3,(H,15,16)/t8-/m1/s1. The third-order valence-electron chi connectivity index (χ3n) is 2.63. The van der Waals surface area contributed by atoms with Gasteiger partial charge in [-0.15, -0.1) is 0 Å². The number of aliphatic carboxylic acids is 1. The summed E-state index contributed by atoms with van der Waals surface area (Å²) in [5, 5.41) is 8.78. The van der Waals surface area contributed by atoms with Crippen molar-refractivity contribution < 1.29 is 24.1 Å². The van der Waals surface area contributed by atoms with Crippen LogP contribution in [0.15, 0.2) is 16.6 Å². The molecule has 19 heavy (non-hydrogen) atoms. The Morgan fingerprint density at radius 2 is 2.05 bits per heavy atom. The molecule has 0 amide bonds. The highest BCUT2D eigenvalue weighted by Crippen LogP contribution is 2.36. The van der Waals surface area contributed by atoms with Gasteiger partial charge < -0.3 is 19.3 Å². The zero-order chi connectivity index (χ0) is 14.4. The maximum Gasteiger partial charge on any atom is 0.308 e. The van der Waals surface area contributed by atoms with E-state index in [0.717, 1.165) is 10.0 Å². The Morgan fingerprint density at radius 3 is 2.58 bits per heavy atom. The molecule has 6 heteroatoms. The summed E-state index contributed by atoms with van der Waals surface area (Å²) < 4.78 is 16.8. The molecule has 1 N–H and O–H groups in total. The Bertz CT molecular complexity index is 447. The summed E-state index contributed by atoms with van der Waals surface area (Å²) in [6, 6.07) is 3.62. The van der Waals surface area contributed by atoms with Crippen LogP contribution < -0.4 is 9.47 Å². The molecular weight excluding hydrogens is 316 g/mol. The van der Waals surface area contributed by atoms with Crippen LogP contribution in [0.25, 0.3) is 0 Å². The molecule has 0 unspecified atom stereocenters. The summed E-state index contributed by atoms with van der Waals surface area (Å²) in [7, 11) is 3.11. The van der Waals surface area contributed by atoms with Crippen molar-refractivity contribution in [2.75, 3.05) is 20.8 Å². The van der Waals surface area contributed by atoms with E-state index in [1.54, 1.807) is 27.2 Å². The van der Waals surface area contributed by atoms with Crippen LogP contribution in [0.1, 0.15) is 12.5 Å². The van der Waals surface area contributed by atoms with Crippen LogP contribution in [0, 0.1) is 5.92 Å². The Labute approximate surface area is 120 Å². The SMILES string of the molecule is COc1ccc(Br)c(COC[C@@H](C)C(=O)O)c1OC. The van der Waals surface area contributed by atoms with Gasteiger partial charge in [0.15, 0.2) is 11.5 Å². The summed E-state index contributed by atoms with van der Waals surface area (Å²) >= 11 is 3.42. The van der Waals surface area contributed by atoms with Gasteiger partial charge in [-0.1, -0.05) is 15.9 Å². The third kappa shape index (κ3) is 4.11. The molecule has 0 spiro atoms. The summed E-state index contributed by atoms with van der Waals surface area (Å²) in [6.07, 6.45) is 0. The second-order valence-corrected chi connectivity index (χ2v) is 4.87. The predicted octanol–water partition coefficient (Wildman–Crippen LogP) is 2.70. The van der Waals surface area contributed by atoms with Gasteiger partial charge in [-0.3, -0.25) is 4.79 Å². The number of hydrogen-bond donors (Lipinski definition) is 1. The molecule has 0 saturated heterocycles. The first-order chi connectivity index (χ1) is 9.01. The topological polar surface area (TPSA) is 65.0 Å².